The van der Waals surface area contributed by atoms with Crippen molar-refractivity contribution in [2.75, 3.05) is 0 Å². The first-order chi connectivity index (χ1) is 15.7. The molecule has 0 atom stereocenters. The van der Waals surface area contributed by atoms with Crippen molar-refractivity contribution in [3.63, 3.8) is 0 Å². The first-order valence-electron chi connectivity index (χ1n) is 10.6. The van der Waals surface area contributed by atoms with E-state index >= 15 is 0 Å². The lowest BCUT2D eigenvalue weighted by Crippen LogP contribution is -2.25. The summed E-state index contributed by atoms with van der Waals surface area (Å²) in [6, 6.07) is 19.2. The highest BCUT2D eigenvalue weighted by atomic mass is 32.2. The average molecular weight is 464 g/mol. The Morgan fingerprint density at radius 1 is 0.909 bits per heavy atom. The summed E-state index contributed by atoms with van der Waals surface area (Å²) in [5.74, 6) is -0.307. The monoisotopic (exact) mass is 463 g/mol. The smallest absolute Gasteiger partial charge is 0.251 e. The number of nitrogens with two attached hydrogens (primary N) is 1. The summed E-state index contributed by atoms with van der Waals surface area (Å²) in [6.45, 7) is 2.24. The van der Waals surface area contributed by atoms with Crippen molar-refractivity contribution in [1.29, 1.82) is 0 Å². The van der Waals surface area contributed by atoms with Crippen LogP contribution < -0.4 is 15.8 Å². The molecule has 0 aromatic heterocycles. The molecule has 0 radical (unpaired) electrons. The van der Waals surface area contributed by atoms with Gasteiger partial charge in [-0.1, -0.05) is 30.3 Å². The maximum atomic E-state index is 12.5. The average Bonchev–Trinajstić information content (AvgIpc) is 3.61. The molecule has 0 spiro atoms. The van der Waals surface area contributed by atoms with Crippen LogP contribution in [0.25, 0.3) is 11.1 Å². The number of sulfonamides is 1. The third kappa shape index (κ3) is 5.66. The molecule has 1 aliphatic rings. The van der Waals surface area contributed by atoms with Crippen molar-refractivity contribution >= 4 is 21.8 Å². The number of carbonyl (C=O) groups excluding carboxylic acids is 2. The van der Waals surface area contributed by atoms with Crippen molar-refractivity contribution < 1.29 is 18.0 Å². The fourth-order valence-electron chi connectivity index (χ4n) is 3.45. The van der Waals surface area contributed by atoms with Crippen molar-refractivity contribution in [3.05, 3.63) is 89.0 Å². The predicted octanol–water partition coefficient (Wildman–Crippen LogP) is 3.13. The summed E-state index contributed by atoms with van der Waals surface area (Å²) in [4.78, 5) is 24.9. The lowest BCUT2D eigenvalue weighted by atomic mass is 9.97. The maximum Gasteiger partial charge on any atom is 0.251 e. The number of rotatable bonds is 7. The van der Waals surface area contributed by atoms with Crippen LogP contribution in [0.5, 0.6) is 0 Å². The molecule has 8 heteroatoms. The van der Waals surface area contributed by atoms with Gasteiger partial charge in [-0.05, 0) is 78.4 Å². The van der Waals surface area contributed by atoms with Crippen LogP contribution in [-0.4, -0.2) is 26.3 Å². The molecule has 0 bridgehead atoms. The molecule has 170 valence electrons. The van der Waals surface area contributed by atoms with Gasteiger partial charge in [0.15, 0.2) is 0 Å². The molecular weight excluding hydrogens is 438 g/mol. The Morgan fingerprint density at radius 2 is 1.55 bits per heavy atom. The van der Waals surface area contributed by atoms with Gasteiger partial charge in [0.05, 0.1) is 4.90 Å². The summed E-state index contributed by atoms with van der Waals surface area (Å²) < 4.78 is 22.7. The number of aryl methyl sites for hydroxylation is 1. The lowest BCUT2D eigenvalue weighted by molar-refractivity contribution is 0.0943. The maximum absolute atomic E-state index is 12.5. The highest BCUT2D eigenvalue weighted by Crippen LogP contribution is 2.26. The number of hydrogen-bond donors (Lipinski definition) is 3. The van der Waals surface area contributed by atoms with Gasteiger partial charge >= 0.3 is 0 Å². The molecule has 0 unspecified atom stereocenters. The second kappa shape index (κ2) is 9.17. The summed E-state index contributed by atoms with van der Waals surface area (Å²) in [5, 5.41) is 10.9. The predicted molar refractivity (Wildman–Crippen MR) is 126 cm³/mol. The molecule has 1 aliphatic carbocycles. The van der Waals surface area contributed by atoms with Gasteiger partial charge in [-0.3, -0.25) is 9.59 Å². The van der Waals surface area contributed by atoms with Crippen molar-refractivity contribution in [2.24, 2.45) is 5.14 Å². The standard InChI is InChI=1S/C25H25N3O4S/c1-16-2-5-20(25(30)28-21-10-11-21)14-23(16)18-6-8-19(9-7-18)24(29)27-15-17-3-12-22(13-4-17)33(26,31)32/h2-9,12-14,21H,10-11,15H2,1H3,(H,27,29)(H,28,30)(H2,26,31,32). The summed E-state index contributed by atoms with van der Waals surface area (Å²) in [7, 11) is -3.74. The van der Waals surface area contributed by atoms with Gasteiger partial charge in [0, 0.05) is 23.7 Å². The molecule has 1 saturated carbocycles. The third-order valence-electron chi connectivity index (χ3n) is 5.58. The minimum atomic E-state index is -3.74. The van der Waals surface area contributed by atoms with Crippen LogP contribution in [0.1, 0.15) is 44.7 Å². The molecule has 2 amide bonds. The van der Waals surface area contributed by atoms with Gasteiger partial charge in [-0.15, -0.1) is 0 Å². The Bertz CT molecular complexity index is 1300. The topological polar surface area (TPSA) is 118 Å². The van der Waals surface area contributed by atoms with Crippen LogP contribution in [0.2, 0.25) is 0 Å². The molecule has 1 fully saturated rings. The number of amides is 2. The van der Waals surface area contributed by atoms with E-state index < -0.39 is 10.0 Å². The molecular formula is C25H25N3O4S. The lowest BCUT2D eigenvalue weighted by Gasteiger charge is -2.11. The number of benzene rings is 3. The second-order valence-electron chi connectivity index (χ2n) is 8.23. The minimum absolute atomic E-state index is 0.0255. The fraction of sp³-hybridized carbons (Fsp3) is 0.200. The Kier molecular flexibility index (Phi) is 6.31. The van der Waals surface area contributed by atoms with Crippen molar-refractivity contribution in [2.45, 2.75) is 37.2 Å². The molecule has 3 aromatic carbocycles. The van der Waals surface area contributed by atoms with Crippen LogP contribution >= 0.6 is 0 Å². The minimum Gasteiger partial charge on any atom is -0.349 e. The van der Waals surface area contributed by atoms with E-state index in [0.29, 0.717) is 17.2 Å². The Hall–Kier alpha value is -3.49. The molecule has 3 aromatic rings. The zero-order valence-corrected chi connectivity index (χ0v) is 19.0. The van der Waals surface area contributed by atoms with E-state index in [9.17, 15) is 18.0 Å². The van der Waals surface area contributed by atoms with Gasteiger partial charge in [-0.2, -0.15) is 0 Å². The van der Waals surface area contributed by atoms with Crippen LogP contribution in [0.15, 0.2) is 71.6 Å². The van der Waals surface area contributed by atoms with E-state index in [1.807, 2.05) is 37.3 Å². The molecule has 0 saturated heterocycles. The van der Waals surface area contributed by atoms with Crippen molar-refractivity contribution in [1.82, 2.24) is 10.6 Å². The van der Waals surface area contributed by atoms with Crippen molar-refractivity contribution in [3.8, 4) is 11.1 Å². The largest absolute Gasteiger partial charge is 0.349 e. The van der Waals surface area contributed by atoms with E-state index in [1.165, 1.54) is 12.1 Å². The van der Waals surface area contributed by atoms with E-state index in [-0.39, 0.29) is 23.3 Å². The van der Waals surface area contributed by atoms with Gasteiger partial charge < -0.3 is 10.6 Å². The molecule has 0 heterocycles. The van der Waals surface area contributed by atoms with E-state index in [4.69, 9.17) is 5.14 Å². The summed E-state index contributed by atoms with van der Waals surface area (Å²) in [5.41, 5.74) is 4.78. The number of hydrogen-bond acceptors (Lipinski definition) is 4. The van der Waals surface area contributed by atoms with E-state index in [2.05, 4.69) is 10.6 Å². The highest BCUT2D eigenvalue weighted by Gasteiger charge is 2.24. The summed E-state index contributed by atoms with van der Waals surface area (Å²) >= 11 is 0. The zero-order valence-electron chi connectivity index (χ0n) is 18.2. The molecule has 0 aliphatic heterocycles. The SMILES string of the molecule is Cc1ccc(C(=O)NC2CC2)cc1-c1ccc(C(=O)NCc2ccc(S(N)(=O)=O)cc2)cc1. The van der Waals surface area contributed by atoms with Crippen LogP contribution in [0.3, 0.4) is 0 Å². The van der Waals surface area contributed by atoms with Crippen LogP contribution in [-0.2, 0) is 16.6 Å². The number of nitrogens with one attached hydrogen (secondary N) is 2. The van der Waals surface area contributed by atoms with Gasteiger partial charge in [0.1, 0.15) is 0 Å². The molecule has 4 rings (SSSR count). The highest BCUT2D eigenvalue weighted by molar-refractivity contribution is 7.89. The third-order valence-corrected chi connectivity index (χ3v) is 6.50. The Labute approximate surface area is 193 Å². The van der Waals surface area contributed by atoms with E-state index in [0.717, 1.165) is 35.1 Å². The first-order valence-corrected chi connectivity index (χ1v) is 12.2. The number of carbonyl (C=O) groups is 2. The quantitative estimate of drug-likeness (QED) is 0.499. The second-order valence-corrected chi connectivity index (χ2v) is 9.79. The fourth-order valence-corrected chi connectivity index (χ4v) is 3.97. The van der Waals surface area contributed by atoms with Gasteiger partial charge in [0.25, 0.3) is 11.8 Å². The Balaban J connectivity index is 1.42. The first kappa shape index (κ1) is 22.7. The summed E-state index contributed by atoms with van der Waals surface area (Å²) in [6.07, 6.45) is 2.07. The van der Waals surface area contributed by atoms with Crippen LogP contribution in [0, 0.1) is 6.92 Å². The van der Waals surface area contributed by atoms with Crippen LogP contribution in [0.4, 0.5) is 0 Å². The van der Waals surface area contributed by atoms with Gasteiger partial charge in [-0.25, -0.2) is 13.6 Å². The van der Waals surface area contributed by atoms with Gasteiger partial charge in [0.2, 0.25) is 10.0 Å². The molecule has 4 N–H and O–H groups in total. The number of primary sulfonamides is 1. The molecule has 33 heavy (non-hydrogen) atoms. The normalized spacial score (nSPS) is 13.4. The zero-order chi connectivity index (χ0) is 23.6. The Morgan fingerprint density at radius 3 is 2.15 bits per heavy atom. The molecule has 7 nitrogen and oxygen atoms in total. The van der Waals surface area contributed by atoms with E-state index in [1.54, 1.807) is 24.3 Å².